The van der Waals surface area contributed by atoms with Crippen LogP contribution in [-0.2, 0) is 14.8 Å². The monoisotopic (exact) mass is 627 g/mol. The van der Waals surface area contributed by atoms with Crippen LogP contribution in [0.5, 0.6) is 11.5 Å². The molecule has 0 aliphatic heterocycles. The number of nitrogens with one attached hydrogen (secondary N) is 2. The summed E-state index contributed by atoms with van der Waals surface area (Å²) in [6, 6.07) is 15.8. The average molecular weight is 628 g/mol. The normalized spacial score (nSPS) is 11.8. The molecule has 0 fully saturated rings. The predicted octanol–water partition coefficient (Wildman–Crippen LogP) is 6.49. The van der Waals surface area contributed by atoms with Gasteiger partial charge in [0, 0.05) is 11.6 Å². The lowest BCUT2D eigenvalue weighted by Gasteiger charge is -2.12. The van der Waals surface area contributed by atoms with Crippen molar-refractivity contribution in [3.63, 3.8) is 0 Å². The van der Waals surface area contributed by atoms with E-state index in [1.54, 1.807) is 48.7 Å². The first kappa shape index (κ1) is 30.4. The second-order valence-corrected chi connectivity index (χ2v) is 12.0. The fourth-order valence-corrected chi connectivity index (χ4v) is 5.94. The molecule has 0 aliphatic rings. The van der Waals surface area contributed by atoms with Crippen molar-refractivity contribution in [2.75, 3.05) is 5.43 Å². The zero-order chi connectivity index (χ0) is 30.8. The van der Waals surface area contributed by atoms with Crippen LogP contribution in [0.4, 0.5) is 10.5 Å². The molecule has 0 bridgehead atoms. The number of anilines is 1. The van der Waals surface area contributed by atoms with Crippen molar-refractivity contribution in [3.8, 4) is 17.6 Å². The summed E-state index contributed by atoms with van der Waals surface area (Å²) in [5, 5.41) is 23.6. The molecule has 1 heterocycles. The quantitative estimate of drug-likeness (QED) is 0.147. The molecule has 1 aromatic heterocycles. The Hall–Kier alpha value is -4.57. The van der Waals surface area contributed by atoms with Gasteiger partial charge in [0.15, 0.2) is 5.75 Å². The topological polar surface area (TPSA) is 163 Å². The number of amides is 2. The van der Waals surface area contributed by atoms with Gasteiger partial charge in [-0.15, -0.1) is 0 Å². The number of carbonyl (C=O) groups is 2. The number of ether oxygens (including phenoxy) is 1. The van der Waals surface area contributed by atoms with E-state index < -0.39 is 27.7 Å². The van der Waals surface area contributed by atoms with Crippen LogP contribution in [-0.4, -0.2) is 35.2 Å². The van der Waals surface area contributed by atoms with Crippen molar-refractivity contribution in [2.45, 2.75) is 31.6 Å². The number of rotatable bonds is 8. The van der Waals surface area contributed by atoms with E-state index in [2.05, 4.69) is 10.5 Å². The number of nitriles is 1. The molecule has 0 saturated carbocycles. The van der Waals surface area contributed by atoms with Gasteiger partial charge in [-0.1, -0.05) is 54.7 Å². The number of aromatic nitrogens is 1. The highest BCUT2D eigenvalue weighted by atomic mass is 35.5. The Kier molecular flexibility index (Phi) is 8.77. The molecule has 0 aliphatic carbocycles. The number of carboxylic acid groups (broad SMARTS) is 1. The number of hydrazone groups is 1. The molecule has 14 heteroatoms. The van der Waals surface area contributed by atoms with E-state index in [9.17, 15) is 18.0 Å². The lowest BCUT2D eigenvalue weighted by atomic mass is 10.0. The van der Waals surface area contributed by atoms with Crippen molar-refractivity contribution in [2.24, 2.45) is 5.10 Å². The summed E-state index contributed by atoms with van der Waals surface area (Å²) in [5.41, 5.74) is 4.08. The number of carbonyl (C=O) groups excluding carboxylic acids is 1. The van der Waals surface area contributed by atoms with Crippen molar-refractivity contribution < 1.29 is 27.9 Å². The van der Waals surface area contributed by atoms with Crippen LogP contribution in [0.3, 0.4) is 0 Å². The van der Waals surface area contributed by atoms with Gasteiger partial charge < -0.3 is 9.84 Å². The van der Waals surface area contributed by atoms with Crippen molar-refractivity contribution >= 4 is 67.5 Å². The molecule has 216 valence electrons. The Morgan fingerprint density at radius 1 is 1.07 bits per heavy atom. The number of hydrogen-bond donors (Lipinski definition) is 3. The predicted molar refractivity (Wildman–Crippen MR) is 159 cm³/mol. The second kappa shape index (κ2) is 12.1. The second-order valence-electron chi connectivity index (χ2n) is 9.35. The highest BCUT2D eigenvalue weighted by molar-refractivity contribution is 7.90. The van der Waals surface area contributed by atoms with E-state index in [1.807, 2.05) is 20.8 Å². The van der Waals surface area contributed by atoms with Crippen molar-refractivity contribution in [1.29, 1.82) is 5.26 Å². The van der Waals surface area contributed by atoms with E-state index in [-0.39, 0.29) is 32.3 Å². The van der Waals surface area contributed by atoms with Gasteiger partial charge in [-0.05, 0) is 60.9 Å². The van der Waals surface area contributed by atoms with E-state index in [0.29, 0.717) is 16.7 Å². The lowest BCUT2D eigenvalue weighted by Crippen LogP contribution is -2.34. The Morgan fingerprint density at radius 2 is 1.71 bits per heavy atom. The standard InChI is InChI=1S/C28H23Cl2N5O6S/c1-15(2)21-14-35(42(39,40)19-7-4-16(3)5-8-19)25-9-6-18(12-20(21)25)41-26-22(29)10-17(11-23(26)30)33-34-24(13-31)27(36)32-28(37)38/h4-12,14-15,33H,1-3H3,(H,32,36)(H,37,38)/b34-24-. The SMILES string of the molecule is Cc1ccc(S(=O)(=O)n2cc(C(C)C)c3cc(Oc4c(Cl)cc(N/N=C(/C#N)C(=O)NC(=O)O)cc4Cl)ccc32)cc1. The molecule has 0 spiro atoms. The number of imide groups is 1. The zero-order valence-electron chi connectivity index (χ0n) is 22.3. The van der Waals surface area contributed by atoms with Crippen molar-refractivity contribution in [1.82, 2.24) is 9.29 Å². The van der Waals surface area contributed by atoms with E-state index in [0.717, 1.165) is 11.1 Å². The smallest absolute Gasteiger partial charge is 0.411 e. The minimum Gasteiger partial charge on any atom is -0.465 e. The minimum absolute atomic E-state index is 0.00816. The molecule has 2 amide bonds. The van der Waals surface area contributed by atoms with Gasteiger partial charge in [0.1, 0.15) is 11.8 Å². The summed E-state index contributed by atoms with van der Waals surface area (Å²) in [7, 11) is -3.87. The third-order valence-electron chi connectivity index (χ3n) is 6.03. The summed E-state index contributed by atoms with van der Waals surface area (Å²) in [6.45, 7) is 5.79. The minimum atomic E-state index is -3.87. The Morgan fingerprint density at radius 3 is 2.29 bits per heavy atom. The van der Waals surface area contributed by atoms with Crippen LogP contribution in [0.25, 0.3) is 10.9 Å². The van der Waals surface area contributed by atoms with Gasteiger partial charge >= 0.3 is 6.09 Å². The fraction of sp³-hybridized carbons (Fsp3) is 0.143. The maximum atomic E-state index is 13.5. The van der Waals surface area contributed by atoms with E-state index in [4.69, 9.17) is 38.3 Å². The van der Waals surface area contributed by atoms with Crippen LogP contribution in [0.2, 0.25) is 10.0 Å². The Labute approximate surface area is 251 Å². The number of hydrogen-bond acceptors (Lipinski definition) is 8. The molecular formula is C28H23Cl2N5O6S. The highest BCUT2D eigenvalue weighted by Gasteiger charge is 2.23. The number of aryl methyl sites for hydroxylation is 1. The molecule has 3 N–H and O–H groups in total. The largest absolute Gasteiger partial charge is 0.465 e. The molecule has 3 aromatic carbocycles. The summed E-state index contributed by atoms with van der Waals surface area (Å²) in [5.74, 6) is -0.791. The summed E-state index contributed by atoms with van der Waals surface area (Å²) in [4.78, 5) is 22.5. The van der Waals surface area contributed by atoms with Gasteiger partial charge in [-0.25, -0.2) is 17.2 Å². The molecule has 0 saturated heterocycles. The molecule has 0 radical (unpaired) electrons. The molecule has 4 aromatic rings. The molecule has 11 nitrogen and oxygen atoms in total. The number of halogens is 2. The van der Waals surface area contributed by atoms with Crippen LogP contribution in [0.15, 0.2) is 70.8 Å². The Balaban J connectivity index is 1.66. The van der Waals surface area contributed by atoms with Crippen LogP contribution in [0.1, 0.15) is 30.9 Å². The van der Waals surface area contributed by atoms with Gasteiger partial charge in [-0.2, -0.15) is 10.4 Å². The van der Waals surface area contributed by atoms with E-state index >= 15 is 0 Å². The van der Waals surface area contributed by atoms with E-state index in [1.165, 1.54) is 27.5 Å². The lowest BCUT2D eigenvalue weighted by molar-refractivity contribution is -0.114. The fourth-order valence-electron chi connectivity index (χ4n) is 3.99. The van der Waals surface area contributed by atoms with Gasteiger partial charge in [0.25, 0.3) is 15.9 Å². The van der Waals surface area contributed by atoms with Gasteiger partial charge in [0.2, 0.25) is 5.71 Å². The molecular weight excluding hydrogens is 605 g/mol. The maximum absolute atomic E-state index is 13.5. The first-order chi connectivity index (χ1) is 19.8. The third kappa shape index (κ3) is 6.33. The average Bonchev–Trinajstić information content (AvgIpc) is 3.31. The number of nitrogens with zero attached hydrogens (tertiary/aromatic N) is 3. The van der Waals surface area contributed by atoms with Crippen LogP contribution >= 0.6 is 23.2 Å². The van der Waals surface area contributed by atoms with Crippen LogP contribution < -0.4 is 15.5 Å². The zero-order valence-corrected chi connectivity index (χ0v) is 24.7. The molecule has 4 rings (SSSR count). The third-order valence-corrected chi connectivity index (χ3v) is 8.28. The summed E-state index contributed by atoms with van der Waals surface area (Å²) < 4.78 is 34.3. The molecule has 0 unspecified atom stereocenters. The maximum Gasteiger partial charge on any atom is 0.411 e. The summed E-state index contributed by atoms with van der Waals surface area (Å²) in [6.07, 6.45) is -0.0275. The van der Waals surface area contributed by atoms with Gasteiger partial charge in [-0.3, -0.25) is 15.5 Å². The number of benzene rings is 3. The number of fused-ring (bicyclic) bond motifs is 1. The highest BCUT2D eigenvalue weighted by Crippen LogP contribution is 2.40. The van der Waals surface area contributed by atoms with Gasteiger partial charge in [0.05, 0.1) is 26.1 Å². The van der Waals surface area contributed by atoms with Crippen LogP contribution in [0, 0.1) is 18.3 Å². The first-order valence-electron chi connectivity index (χ1n) is 12.2. The molecule has 0 atom stereocenters. The van der Waals surface area contributed by atoms with Crippen molar-refractivity contribution in [3.05, 3.63) is 82.0 Å². The Bertz CT molecular complexity index is 1870. The molecule has 42 heavy (non-hydrogen) atoms. The summed E-state index contributed by atoms with van der Waals surface area (Å²) >= 11 is 12.8. The first-order valence-corrected chi connectivity index (χ1v) is 14.4.